The van der Waals surface area contributed by atoms with Gasteiger partial charge in [-0.25, -0.2) is 0 Å². The number of carboxylic acids is 1. The molecule has 3 nitrogen and oxygen atoms in total. The molecule has 1 rings (SSSR count). The van der Waals surface area contributed by atoms with Crippen LogP contribution in [0.25, 0.3) is 0 Å². The lowest BCUT2D eigenvalue weighted by Crippen LogP contribution is -2.18. The summed E-state index contributed by atoms with van der Waals surface area (Å²) >= 11 is 0. The van der Waals surface area contributed by atoms with Crippen LogP contribution in [-0.4, -0.2) is 16.9 Å². The van der Waals surface area contributed by atoms with E-state index in [1.165, 1.54) is 0 Å². The van der Waals surface area contributed by atoms with Gasteiger partial charge in [0.05, 0.1) is 0 Å². The van der Waals surface area contributed by atoms with Gasteiger partial charge in [0.1, 0.15) is 5.78 Å². The molecule has 0 bridgehead atoms. The van der Waals surface area contributed by atoms with Crippen molar-refractivity contribution in [3.05, 3.63) is 0 Å². The molecule has 0 saturated heterocycles. The monoisotopic (exact) mass is 198 g/mol. The second-order valence-corrected chi connectivity index (χ2v) is 5.15. The molecular formula is C11H18O3. The Hall–Kier alpha value is -0.860. The van der Waals surface area contributed by atoms with Crippen LogP contribution in [0.2, 0.25) is 0 Å². The van der Waals surface area contributed by atoms with Gasteiger partial charge in [-0.2, -0.15) is 0 Å². The minimum Gasteiger partial charge on any atom is -0.481 e. The van der Waals surface area contributed by atoms with E-state index in [9.17, 15) is 9.59 Å². The van der Waals surface area contributed by atoms with Crippen molar-refractivity contribution in [2.45, 2.75) is 40.0 Å². The van der Waals surface area contributed by atoms with Crippen molar-refractivity contribution >= 4 is 11.8 Å². The highest BCUT2D eigenvalue weighted by Gasteiger charge is 2.41. The van der Waals surface area contributed by atoms with Gasteiger partial charge in [0.25, 0.3) is 0 Å². The van der Waals surface area contributed by atoms with E-state index in [4.69, 9.17) is 5.11 Å². The smallest absolute Gasteiger partial charge is 0.303 e. The van der Waals surface area contributed by atoms with E-state index in [2.05, 4.69) is 13.8 Å². The van der Waals surface area contributed by atoms with Crippen LogP contribution in [0.4, 0.5) is 0 Å². The molecule has 0 aromatic rings. The number of aliphatic carboxylic acids is 1. The summed E-state index contributed by atoms with van der Waals surface area (Å²) in [7, 11) is 0. The molecule has 0 aliphatic heterocycles. The highest BCUT2D eigenvalue weighted by molar-refractivity contribution is 5.80. The van der Waals surface area contributed by atoms with Crippen molar-refractivity contribution in [2.24, 2.45) is 17.3 Å². The normalized spacial score (nSPS) is 30.2. The van der Waals surface area contributed by atoms with Crippen LogP contribution < -0.4 is 0 Å². The minimum absolute atomic E-state index is 0.0406. The molecule has 0 aromatic heterocycles. The van der Waals surface area contributed by atoms with Gasteiger partial charge in [-0.05, 0) is 31.1 Å². The fourth-order valence-corrected chi connectivity index (χ4v) is 2.61. The standard InChI is InChI=1S/C11H18O3/c1-7(12)9-6-11(2,3)5-8(9)4-10(13)14/h8-9H,4-6H2,1-3H3,(H,13,14)/t8-,9+/m1/s1. The largest absolute Gasteiger partial charge is 0.481 e. The third kappa shape index (κ3) is 2.56. The highest BCUT2D eigenvalue weighted by atomic mass is 16.4. The lowest BCUT2D eigenvalue weighted by molar-refractivity contribution is -0.138. The third-order valence-electron chi connectivity index (χ3n) is 3.12. The van der Waals surface area contributed by atoms with Gasteiger partial charge in [0, 0.05) is 12.3 Å². The Morgan fingerprint density at radius 1 is 1.36 bits per heavy atom. The lowest BCUT2D eigenvalue weighted by Gasteiger charge is -2.15. The number of ketones is 1. The fourth-order valence-electron chi connectivity index (χ4n) is 2.61. The molecule has 0 aromatic carbocycles. The SMILES string of the molecule is CC(=O)[C@@H]1CC(C)(C)C[C@H]1CC(=O)O. The van der Waals surface area contributed by atoms with Crippen molar-refractivity contribution in [1.82, 2.24) is 0 Å². The average molecular weight is 198 g/mol. The number of Topliss-reactive ketones (excluding diaryl/α,β-unsaturated/α-hetero) is 1. The van der Waals surface area contributed by atoms with Crippen LogP contribution in [0.3, 0.4) is 0 Å². The van der Waals surface area contributed by atoms with Crippen LogP contribution in [0.15, 0.2) is 0 Å². The van der Waals surface area contributed by atoms with Gasteiger partial charge in [0.2, 0.25) is 0 Å². The van der Waals surface area contributed by atoms with Crippen molar-refractivity contribution in [3.8, 4) is 0 Å². The lowest BCUT2D eigenvalue weighted by atomic mass is 9.90. The molecule has 2 atom stereocenters. The molecule has 0 unspecified atom stereocenters. The summed E-state index contributed by atoms with van der Waals surface area (Å²) in [5, 5.41) is 8.73. The molecule has 1 N–H and O–H groups in total. The van der Waals surface area contributed by atoms with Gasteiger partial charge in [-0.15, -0.1) is 0 Å². The van der Waals surface area contributed by atoms with E-state index in [0.717, 1.165) is 12.8 Å². The Labute approximate surface area is 84.5 Å². The van der Waals surface area contributed by atoms with Gasteiger partial charge in [-0.1, -0.05) is 13.8 Å². The summed E-state index contributed by atoms with van der Waals surface area (Å²) < 4.78 is 0. The number of carboxylic acid groups (broad SMARTS) is 1. The van der Waals surface area contributed by atoms with E-state index in [0.29, 0.717) is 0 Å². The number of rotatable bonds is 3. The van der Waals surface area contributed by atoms with Crippen molar-refractivity contribution in [1.29, 1.82) is 0 Å². The number of hydrogen-bond acceptors (Lipinski definition) is 2. The zero-order valence-corrected chi connectivity index (χ0v) is 9.04. The Morgan fingerprint density at radius 2 is 1.93 bits per heavy atom. The Bertz CT molecular complexity index is 255. The zero-order valence-electron chi connectivity index (χ0n) is 9.04. The summed E-state index contributed by atoms with van der Waals surface area (Å²) in [4.78, 5) is 22.0. The van der Waals surface area contributed by atoms with Crippen LogP contribution in [-0.2, 0) is 9.59 Å². The van der Waals surface area contributed by atoms with Gasteiger partial charge in [-0.3, -0.25) is 9.59 Å². The quantitative estimate of drug-likeness (QED) is 0.755. The number of hydrogen-bond donors (Lipinski definition) is 1. The van der Waals surface area contributed by atoms with Crippen molar-refractivity contribution < 1.29 is 14.7 Å². The molecule has 1 aliphatic carbocycles. The molecule has 1 aliphatic rings. The first-order chi connectivity index (χ1) is 6.32. The molecule has 0 heterocycles. The highest BCUT2D eigenvalue weighted by Crippen LogP contribution is 2.46. The first-order valence-electron chi connectivity index (χ1n) is 5.04. The maximum atomic E-state index is 11.3. The molecule has 0 radical (unpaired) electrons. The Kier molecular flexibility index (Phi) is 2.98. The van der Waals surface area contributed by atoms with Crippen LogP contribution in [0.5, 0.6) is 0 Å². The predicted octanol–water partition coefficient (Wildman–Crippen LogP) is 2.10. The summed E-state index contributed by atoms with van der Waals surface area (Å²) in [6.45, 7) is 5.77. The topological polar surface area (TPSA) is 54.4 Å². The van der Waals surface area contributed by atoms with Crippen molar-refractivity contribution in [3.63, 3.8) is 0 Å². The predicted molar refractivity (Wildman–Crippen MR) is 52.9 cm³/mol. The molecular weight excluding hydrogens is 180 g/mol. The third-order valence-corrected chi connectivity index (χ3v) is 3.12. The summed E-state index contributed by atoms with van der Waals surface area (Å²) in [5.41, 5.74) is 0.121. The van der Waals surface area contributed by atoms with Crippen LogP contribution in [0, 0.1) is 17.3 Å². The number of carbonyl (C=O) groups is 2. The first kappa shape index (κ1) is 11.2. The molecule has 1 saturated carbocycles. The van der Waals surface area contributed by atoms with Gasteiger partial charge in [0.15, 0.2) is 0 Å². The molecule has 0 spiro atoms. The second kappa shape index (κ2) is 3.71. The Balaban J connectivity index is 2.72. The van der Waals surface area contributed by atoms with E-state index in [1.54, 1.807) is 6.92 Å². The molecule has 1 fully saturated rings. The van der Waals surface area contributed by atoms with E-state index < -0.39 is 5.97 Å². The maximum Gasteiger partial charge on any atom is 0.303 e. The number of carbonyl (C=O) groups excluding carboxylic acids is 1. The first-order valence-corrected chi connectivity index (χ1v) is 5.04. The van der Waals surface area contributed by atoms with Crippen LogP contribution >= 0.6 is 0 Å². The van der Waals surface area contributed by atoms with E-state index >= 15 is 0 Å². The molecule has 80 valence electrons. The van der Waals surface area contributed by atoms with Gasteiger partial charge >= 0.3 is 5.97 Å². The van der Waals surface area contributed by atoms with Gasteiger partial charge < -0.3 is 5.11 Å². The summed E-state index contributed by atoms with van der Waals surface area (Å²) in [5.74, 6) is -0.651. The summed E-state index contributed by atoms with van der Waals surface area (Å²) in [6.07, 6.45) is 1.82. The van der Waals surface area contributed by atoms with Crippen LogP contribution in [0.1, 0.15) is 40.0 Å². The minimum atomic E-state index is -0.793. The molecule has 3 heteroatoms. The Morgan fingerprint density at radius 3 is 2.36 bits per heavy atom. The zero-order chi connectivity index (χ0) is 10.9. The average Bonchev–Trinajstić information content (AvgIpc) is 2.24. The molecule has 0 amide bonds. The van der Waals surface area contributed by atoms with E-state index in [1.807, 2.05) is 0 Å². The maximum absolute atomic E-state index is 11.3. The summed E-state index contributed by atoms with van der Waals surface area (Å²) in [6, 6.07) is 0. The fraction of sp³-hybridized carbons (Fsp3) is 0.818. The van der Waals surface area contributed by atoms with E-state index in [-0.39, 0.29) is 29.5 Å². The van der Waals surface area contributed by atoms with Crippen molar-refractivity contribution in [2.75, 3.05) is 0 Å². The second-order valence-electron chi connectivity index (χ2n) is 5.15. The molecule has 14 heavy (non-hydrogen) atoms.